The molecular weight excluding hydrogens is 332 g/mol. The summed E-state index contributed by atoms with van der Waals surface area (Å²) < 4.78 is 10.5. The first-order valence-electron chi connectivity index (χ1n) is 8.96. The number of aryl methyl sites for hydroxylation is 1. The number of nitrogens with one attached hydrogen (secondary N) is 1. The van der Waals surface area contributed by atoms with Gasteiger partial charge in [-0.05, 0) is 49.9 Å². The van der Waals surface area contributed by atoms with Crippen molar-refractivity contribution in [3.05, 3.63) is 47.8 Å². The maximum Gasteiger partial charge on any atom is 0.246 e. The molecule has 7 nitrogen and oxygen atoms in total. The molecule has 1 fully saturated rings. The molecule has 1 aromatic carbocycles. The third-order valence-electron chi connectivity index (χ3n) is 4.75. The number of benzene rings is 1. The van der Waals surface area contributed by atoms with Gasteiger partial charge in [-0.25, -0.2) is 0 Å². The lowest BCUT2D eigenvalue weighted by atomic mass is 10.1. The van der Waals surface area contributed by atoms with Gasteiger partial charge < -0.3 is 19.2 Å². The molecule has 7 heteroatoms. The van der Waals surface area contributed by atoms with Gasteiger partial charge in [0.15, 0.2) is 5.82 Å². The van der Waals surface area contributed by atoms with Crippen LogP contribution >= 0.6 is 0 Å². The van der Waals surface area contributed by atoms with E-state index >= 15 is 0 Å². The molecule has 0 radical (unpaired) electrons. The maximum absolute atomic E-state index is 12.9. The Morgan fingerprint density at radius 3 is 3.08 bits per heavy atom. The first-order chi connectivity index (χ1) is 12.7. The van der Waals surface area contributed by atoms with Crippen LogP contribution in [0.15, 0.2) is 39.5 Å². The number of hydrogen-bond donors (Lipinski definition) is 1. The van der Waals surface area contributed by atoms with Crippen molar-refractivity contribution in [1.29, 1.82) is 0 Å². The normalized spacial score (nSPS) is 18.4. The number of hydrogen-bond acceptors (Lipinski definition) is 6. The topological polar surface area (TPSA) is 84.4 Å². The predicted octanol–water partition coefficient (Wildman–Crippen LogP) is 2.80. The van der Waals surface area contributed by atoms with E-state index in [9.17, 15) is 4.79 Å². The lowest BCUT2D eigenvalue weighted by molar-refractivity contribution is -0.133. The Hall–Kier alpha value is -2.67. The second-order valence-corrected chi connectivity index (χ2v) is 6.72. The zero-order chi connectivity index (χ0) is 17.9. The highest BCUT2D eigenvalue weighted by Crippen LogP contribution is 2.18. The van der Waals surface area contributed by atoms with Gasteiger partial charge in [0.1, 0.15) is 12.1 Å². The van der Waals surface area contributed by atoms with E-state index in [1.165, 1.54) is 0 Å². The average Bonchev–Trinajstić information content (AvgIpc) is 3.23. The van der Waals surface area contributed by atoms with Crippen molar-refractivity contribution in [2.24, 2.45) is 0 Å². The number of nitrogens with zero attached hydrogens (tertiary/aromatic N) is 3. The van der Waals surface area contributed by atoms with Crippen LogP contribution in [0, 0.1) is 6.92 Å². The molecule has 3 heterocycles. The zero-order valence-corrected chi connectivity index (χ0v) is 14.8. The van der Waals surface area contributed by atoms with Gasteiger partial charge in [0, 0.05) is 18.5 Å². The molecule has 1 atom stereocenters. The summed E-state index contributed by atoms with van der Waals surface area (Å²) in [6.45, 7) is 3.52. The standard InChI is InChI=1S/C19H22N4O3/c1-13-21-18(26-22-13)12-23-8-3-2-4-16(19(23)24)20-11-14-5-6-17-15(10-14)7-9-25-17/h5-7,9-10,16,20H,2-4,8,11-12H2,1H3. The van der Waals surface area contributed by atoms with Gasteiger partial charge in [-0.3, -0.25) is 4.79 Å². The third-order valence-corrected chi connectivity index (χ3v) is 4.75. The number of carbonyl (C=O) groups is 1. The van der Waals surface area contributed by atoms with Crippen molar-refractivity contribution < 1.29 is 13.7 Å². The molecular formula is C19H22N4O3. The number of rotatable bonds is 5. The second-order valence-electron chi connectivity index (χ2n) is 6.72. The van der Waals surface area contributed by atoms with Gasteiger partial charge in [-0.2, -0.15) is 4.98 Å². The van der Waals surface area contributed by atoms with Gasteiger partial charge in [0.2, 0.25) is 11.8 Å². The monoisotopic (exact) mass is 354 g/mol. The number of furan rings is 1. The highest BCUT2D eigenvalue weighted by atomic mass is 16.5. The van der Waals surface area contributed by atoms with E-state index in [1.807, 2.05) is 23.1 Å². The summed E-state index contributed by atoms with van der Waals surface area (Å²) >= 11 is 0. The SMILES string of the molecule is Cc1noc(CN2CCCCC(NCc3ccc4occc4c3)C2=O)n1. The van der Waals surface area contributed by atoms with Crippen molar-refractivity contribution in [2.45, 2.75) is 45.3 Å². The first-order valence-corrected chi connectivity index (χ1v) is 8.96. The highest BCUT2D eigenvalue weighted by Gasteiger charge is 2.27. The molecule has 1 N–H and O–H groups in total. The molecule has 2 aromatic heterocycles. The maximum atomic E-state index is 12.9. The molecule has 26 heavy (non-hydrogen) atoms. The zero-order valence-electron chi connectivity index (χ0n) is 14.8. The van der Waals surface area contributed by atoms with E-state index in [-0.39, 0.29) is 11.9 Å². The van der Waals surface area contributed by atoms with Crippen LogP contribution in [-0.4, -0.2) is 33.5 Å². The summed E-state index contributed by atoms with van der Waals surface area (Å²) in [4.78, 5) is 18.9. The van der Waals surface area contributed by atoms with Crippen LogP contribution in [0.25, 0.3) is 11.0 Å². The molecule has 3 aromatic rings. The average molecular weight is 354 g/mol. The van der Waals surface area contributed by atoms with Crippen LogP contribution in [0.2, 0.25) is 0 Å². The van der Waals surface area contributed by atoms with Crippen molar-refractivity contribution in [3.63, 3.8) is 0 Å². The smallest absolute Gasteiger partial charge is 0.246 e. The van der Waals surface area contributed by atoms with Gasteiger partial charge in [-0.15, -0.1) is 0 Å². The number of likely N-dealkylation sites (tertiary alicyclic amines) is 1. The van der Waals surface area contributed by atoms with Crippen LogP contribution in [0.3, 0.4) is 0 Å². The molecule has 0 saturated carbocycles. The molecule has 1 aliphatic rings. The van der Waals surface area contributed by atoms with Gasteiger partial charge >= 0.3 is 0 Å². The quantitative estimate of drug-likeness (QED) is 0.758. The van der Waals surface area contributed by atoms with E-state index in [0.717, 1.165) is 42.3 Å². The third kappa shape index (κ3) is 3.62. The van der Waals surface area contributed by atoms with E-state index in [1.54, 1.807) is 13.2 Å². The van der Waals surface area contributed by atoms with Crippen LogP contribution in [-0.2, 0) is 17.9 Å². The molecule has 0 bridgehead atoms. The summed E-state index contributed by atoms with van der Waals surface area (Å²) in [5.74, 6) is 1.18. The number of aromatic nitrogens is 2. The Labute approximate surface area is 151 Å². The summed E-state index contributed by atoms with van der Waals surface area (Å²) in [6, 6.07) is 7.83. The molecule has 1 unspecified atom stereocenters. The second kappa shape index (κ2) is 7.29. The predicted molar refractivity (Wildman–Crippen MR) is 95.1 cm³/mol. The van der Waals surface area contributed by atoms with Gasteiger partial charge in [0.05, 0.1) is 12.3 Å². The molecule has 1 amide bonds. The molecule has 1 aliphatic heterocycles. The Morgan fingerprint density at radius 1 is 1.31 bits per heavy atom. The lowest BCUT2D eigenvalue weighted by Gasteiger charge is -2.23. The summed E-state index contributed by atoms with van der Waals surface area (Å²) in [5, 5.41) is 8.29. The molecule has 0 aliphatic carbocycles. The van der Waals surface area contributed by atoms with Crippen molar-refractivity contribution in [1.82, 2.24) is 20.4 Å². The van der Waals surface area contributed by atoms with E-state index in [2.05, 4.69) is 21.5 Å². The van der Waals surface area contributed by atoms with Crippen LogP contribution < -0.4 is 5.32 Å². The molecule has 1 saturated heterocycles. The Bertz CT molecular complexity index is 901. The van der Waals surface area contributed by atoms with Crippen LogP contribution in [0.1, 0.15) is 36.5 Å². The lowest BCUT2D eigenvalue weighted by Crippen LogP contribution is -2.44. The molecule has 0 spiro atoms. The molecule has 4 rings (SSSR count). The fourth-order valence-corrected chi connectivity index (χ4v) is 3.39. The summed E-state index contributed by atoms with van der Waals surface area (Å²) in [6.07, 6.45) is 4.53. The van der Waals surface area contributed by atoms with Crippen LogP contribution in [0.4, 0.5) is 0 Å². The Kier molecular flexibility index (Phi) is 4.71. The van der Waals surface area contributed by atoms with Crippen molar-refractivity contribution >= 4 is 16.9 Å². The Morgan fingerprint density at radius 2 is 2.23 bits per heavy atom. The van der Waals surface area contributed by atoms with E-state index < -0.39 is 0 Å². The highest BCUT2D eigenvalue weighted by molar-refractivity contribution is 5.82. The Balaban J connectivity index is 1.41. The largest absolute Gasteiger partial charge is 0.464 e. The fraction of sp³-hybridized carbons (Fsp3) is 0.421. The minimum atomic E-state index is -0.193. The summed E-state index contributed by atoms with van der Waals surface area (Å²) in [7, 11) is 0. The first kappa shape index (κ1) is 16.8. The van der Waals surface area contributed by atoms with Crippen molar-refractivity contribution in [2.75, 3.05) is 6.54 Å². The minimum absolute atomic E-state index is 0.0998. The van der Waals surface area contributed by atoms with Crippen LogP contribution in [0.5, 0.6) is 0 Å². The number of amides is 1. The number of fused-ring (bicyclic) bond motifs is 1. The van der Waals surface area contributed by atoms with Gasteiger partial charge in [0.25, 0.3) is 0 Å². The minimum Gasteiger partial charge on any atom is -0.464 e. The number of carbonyl (C=O) groups excluding carboxylic acids is 1. The van der Waals surface area contributed by atoms with Gasteiger partial charge in [-0.1, -0.05) is 11.2 Å². The fourth-order valence-electron chi connectivity index (χ4n) is 3.39. The van der Waals surface area contributed by atoms with E-state index in [4.69, 9.17) is 8.94 Å². The molecule has 136 valence electrons. The van der Waals surface area contributed by atoms with Crippen molar-refractivity contribution in [3.8, 4) is 0 Å². The summed E-state index contributed by atoms with van der Waals surface area (Å²) in [5.41, 5.74) is 2.01. The van der Waals surface area contributed by atoms with E-state index in [0.29, 0.717) is 24.8 Å².